The fraction of sp³-hybridized carbons (Fsp3) is 0.615. The number of unbranched alkanes of at least 4 members (excludes halogenated alkanes) is 1. The Morgan fingerprint density at radius 2 is 2.20 bits per heavy atom. The van der Waals surface area contributed by atoms with E-state index in [1.54, 1.807) is 7.11 Å². The van der Waals surface area contributed by atoms with Gasteiger partial charge in [0.25, 0.3) is 0 Å². The number of methoxy groups -OCH3 is 1. The Bertz CT molecular complexity index is 286. The number of hydrogen-bond acceptors (Lipinski definition) is 2. The second-order valence-electron chi connectivity index (χ2n) is 3.87. The van der Waals surface area contributed by atoms with Crippen molar-refractivity contribution >= 4 is 0 Å². The standard InChI is InChI=1S/C13H21NO/c1-4-6-7-11(5-2)13-10-12(15-3)8-9-14-13/h8-11H,4-7H2,1-3H3. The topological polar surface area (TPSA) is 22.1 Å². The van der Waals surface area contributed by atoms with Crippen molar-refractivity contribution in [3.63, 3.8) is 0 Å². The maximum absolute atomic E-state index is 5.21. The molecule has 0 radical (unpaired) electrons. The summed E-state index contributed by atoms with van der Waals surface area (Å²) >= 11 is 0. The molecule has 1 aromatic rings. The van der Waals surface area contributed by atoms with Gasteiger partial charge in [-0.15, -0.1) is 0 Å². The van der Waals surface area contributed by atoms with Crippen molar-refractivity contribution in [3.8, 4) is 5.75 Å². The van der Waals surface area contributed by atoms with Crippen LogP contribution in [0.25, 0.3) is 0 Å². The summed E-state index contributed by atoms with van der Waals surface area (Å²) in [7, 11) is 1.70. The maximum atomic E-state index is 5.21. The monoisotopic (exact) mass is 207 g/mol. The van der Waals surface area contributed by atoms with E-state index < -0.39 is 0 Å². The van der Waals surface area contributed by atoms with Crippen LogP contribution in [0.1, 0.15) is 51.1 Å². The molecule has 1 aromatic heterocycles. The predicted molar refractivity (Wildman–Crippen MR) is 63.3 cm³/mol. The highest BCUT2D eigenvalue weighted by molar-refractivity contribution is 5.24. The third-order valence-corrected chi connectivity index (χ3v) is 2.81. The van der Waals surface area contributed by atoms with Crippen molar-refractivity contribution in [1.29, 1.82) is 0 Å². The minimum absolute atomic E-state index is 0.583. The van der Waals surface area contributed by atoms with Gasteiger partial charge in [-0.25, -0.2) is 0 Å². The van der Waals surface area contributed by atoms with Gasteiger partial charge in [0.1, 0.15) is 5.75 Å². The summed E-state index contributed by atoms with van der Waals surface area (Å²) in [6.45, 7) is 4.45. The Hall–Kier alpha value is -1.05. The van der Waals surface area contributed by atoms with Crippen molar-refractivity contribution in [2.45, 2.75) is 45.4 Å². The Morgan fingerprint density at radius 3 is 2.80 bits per heavy atom. The first kappa shape index (κ1) is 12.0. The van der Waals surface area contributed by atoms with Gasteiger partial charge in [-0.05, 0) is 18.9 Å². The van der Waals surface area contributed by atoms with Gasteiger partial charge in [-0.2, -0.15) is 0 Å². The van der Waals surface area contributed by atoms with Crippen molar-refractivity contribution in [3.05, 3.63) is 24.0 Å². The number of pyridine rings is 1. The van der Waals surface area contributed by atoms with Gasteiger partial charge in [-0.1, -0.05) is 26.7 Å². The molecule has 0 aliphatic carbocycles. The molecule has 2 nitrogen and oxygen atoms in total. The predicted octanol–water partition coefficient (Wildman–Crippen LogP) is 3.77. The number of rotatable bonds is 6. The van der Waals surface area contributed by atoms with Crippen LogP contribution >= 0.6 is 0 Å². The molecular weight excluding hydrogens is 186 g/mol. The second-order valence-corrected chi connectivity index (χ2v) is 3.87. The molecule has 0 aliphatic rings. The Kier molecular flexibility index (Phi) is 5.16. The molecule has 0 aliphatic heterocycles. The van der Waals surface area contributed by atoms with Crippen LogP contribution in [0.3, 0.4) is 0 Å². The first-order chi connectivity index (χ1) is 7.31. The molecule has 0 N–H and O–H groups in total. The van der Waals surface area contributed by atoms with Crippen molar-refractivity contribution in [1.82, 2.24) is 4.98 Å². The summed E-state index contributed by atoms with van der Waals surface area (Å²) in [5.41, 5.74) is 1.17. The molecule has 0 saturated carbocycles. The van der Waals surface area contributed by atoms with E-state index in [-0.39, 0.29) is 0 Å². The van der Waals surface area contributed by atoms with Gasteiger partial charge in [0.05, 0.1) is 7.11 Å². The number of hydrogen-bond donors (Lipinski definition) is 0. The minimum Gasteiger partial charge on any atom is -0.497 e. The lowest BCUT2D eigenvalue weighted by molar-refractivity contribution is 0.412. The average Bonchev–Trinajstić information content (AvgIpc) is 2.30. The summed E-state index contributed by atoms with van der Waals surface area (Å²) in [5.74, 6) is 1.50. The molecule has 2 heteroatoms. The van der Waals surface area contributed by atoms with Crippen LogP contribution < -0.4 is 4.74 Å². The SMILES string of the molecule is CCCCC(CC)c1cc(OC)ccn1. The maximum Gasteiger partial charge on any atom is 0.122 e. The Morgan fingerprint density at radius 1 is 1.40 bits per heavy atom. The van der Waals surface area contributed by atoms with Gasteiger partial charge in [0.15, 0.2) is 0 Å². The smallest absolute Gasteiger partial charge is 0.122 e. The van der Waals surface area contributed by atoms with Crippen molar-refractivity contribution in [2.75, 3.05) is 7.11 Å². The molecule has 15 heavy (non-hydrogen) atoms. The van der Waals surface area contributed by atoms with Gasteiger partial charge in [0, 0.05) is 23.9 Å². The van der Waals surface area contributed by atoms with E-state index >= 15 is 0 Å². The van der Waals surface area contributed by atoms with Crippen molar-refractivity contribution in [2.24, 2.45) is 0 Å². The van der Waals surface area contributed by atoms with E-state index in [0.29, 0.717) is 5.92 Å². The van der Waals surface area contributed by atoms with Crippen LogP contribution in [-0.2, 0) is 0 Å². The Labute approximate surface area is 92.7 Å². The highest BCUT2D eigenvalue weighted by Crippen LogP contribution is 2.25. The van der Waals surface area contributed by atoms with Gasteiger partial charge >= 0.3 is 0 Å². The highest BCUT2D eigenvalue weighted by atomic mass is 16.5. The van der Waals surface area contributed by atoms with Crippen molar-refractivity contribution < 1.29 is 4.74 Å². The number of nitrogens with zero attached hydrogens (tertiary/aromatic N) is 1. The summed E-state index contributed by atoms with van der Waals surface area (Å²) in [4.78, 5) is 4.43. The molecule has 1 atom stereocenters. The van der Waals surface area contributed by atoms with Gasteiger partial charge in [-0.3, -0.25) is 4.98 Å². The van der Waals surface area contributed by atoms with Crippen LogP contribution in [0.4, 0.5) is 0 Å². The van der Waals surface area contributed by atoms with Crippen LogP contribution in [0.15, 0.2) is 18.3 Å². The molecule has 1 heterocycles. The molecule has 0 saturated heterocycles. The van der Waals surface area contributed by atoms with Gasteiger partial charge in [0.2, 0.25) is 0 Å². The van der Waals surface area contributed by atoms with Crippen LogP contribution in [0, 0.1) is 0 Å². The summed E-state index contributed by atoms with van der Waals surface area (Å²) in [6.07, 6.45) is 6.74. The third-order valence-electron chi connectivity index (χ3n) is 2.81. The second kappa shape index (κ2) is 6.44. The van der Waals surface area contributed by atoms with Gasteiger partial charge < -0.3 is 4.74 Å². The molecule has 1 rings (SSSR count). The average molecular weight is 207 g/mol. The molecule has 84 valence electrons. The lowest BCUT2D eigenvalue weighted by Gasteiger charge is -2.14. The minimum atomic E-state index is 0.583. The normalized spacial score (nSPS) is 12.5. The molecule has 0 amide bonds. The first-order valence-corrected chi connectivity index (χ1v) is 5.81. The van der Waals surface area contributed by atoms with Crippen LogP contribution in [0.5, 0.6) is 5.75 Å². The fourth-order valence-electron chi connectivity index (χ4n) is 1.79. The third kappa shape index (κ3) is 3.54. The zero-order valence-corrected chi connectivity index (χ0v) is 9.99. The van der Waals surface area contributed by atoms with E-state index in [9.17, 15) is 0 Å². The van der Waals surface area contributed by atoms with E-state index in [0.717, 1.165) is 12.2 Å². The number of aromatic nitrogens is 1. The highest BCUT2D eigenvalue weighted by Gasteiger charge is 2.10. The summed E-state index contributed by atoms with van der Waals surface area (Å²) < 4.78 is 5.21. The van der Waals surface area contributed by atoms with E-state index in [1.165, 1.54) is 25.0 Å². The molecular formula is C13H21NO. The zero-order chi connectivity index (χ0) is 11.1. The lowest BCUT2D eigenvalue weighted by Crippen LogP contribution is -2.00. The molecule has 0 bridgehead atoms. The quantitative estimate of drug-likeness (QED) is 0.708. The lowest BCUT2D eigenvalue weighted by atomic mass is 9.95. The Balaban J connectivity index is 2.72. The fourth-order valence-corrected chi connectivity index (χ4v) is 1.79. The van der Waals surface area contributed by atoms with E-state index in [2.05, 4.69) is 24.9 Å². The number of ether oxygens (including phenoxy) is 1. The van der Waals surface area contributed by atoms with E-state index in [4.69, 9.17) is 4.74 Å². The largest absolute Gasteiger partial charge is 0.497 e. The van der Waals surface area contributed by atoms with Crippen LogP contribution in [0.2, 0.25) is 0 Å². The summed E-state index contributed by atoms with van der Waals surface area (Å²) in [5, 5.41) is 0. The van der Waals surface area contributed by atoms with Crippen LogP contribution in [-0.4, -0.2) is 12.1 Å². The molecule has 0 fully saturated rings. The molecule has 1 unspecified atom stereocenters. The first-order valence-electron chi connectivity index (χ1n) is 5.81. The van der Waals surface area contributed by atoms with E-state index in [1.807, 2.05) is 12.3 Å². The zero-order valence-electron chi connectivity index (χ0n) is 9.99. The molecule has 0 aromatic carbocycles. The summed E-state index contributed by atoms with van der Waals surface area (Å²) in [6, 6.07) is 3.96. The molecule has 0 spiro atoms.